The van der Waals surface area contributed by atoms with Crippen LogP contribution in [0.25, 0.3) is 5.57 Å². The molecule has 2 atom stereocenters. The number of aromatic nitrogens is 2. The van der Waals surface area contributed by atoms with E-state index in [0.29, 0.717) is 6.42 Å². The molecule has 1 saturated heterocycles. The third-order valence-electron chi connectivity index (χ3n) is 4.85. The molecule has 24 heavy (non-hydrogen) atoms. The Balaban J connectivity index is 1.72. The van der Waals surface area contributed by atoms with E-state index in [2.05, 4.69) is 5.10 Å². The van der Waals surface area contributed by atoms with E-state index in [1.807, 2.05) is 23.9 Å². The van der Waals surface area contributed by atoms with Crippen LogP contribution in [0.4, 0.5) is 4.39 Å². The van der Waals surface area contributed by atoms with E-state index in [-0.39, 0.29) is 17.0 Å². The van der Waals surface area contributed by atoms with E-state index < -0.39 is 15.8 Å². The van der Waals surface area contributed by atoms with Crippen LogP contribution in [0, 0.1) is 5.82 Å². The van der Waals surface area contributed by atoms with Crippen molar-refractivity contribution in [3.63, 3.8) is 0 Å². The Morgan fingerprint density at radius 2 is 2.08 bits per heavy atom. The fourth-order valence-corrected chi connectivity index (χ4v) is 5.64. The van der Waals surface area contributed by atoms with Crippen molar-refractivity contribution in [3.8, 4) is 0 Å². The van der Waals surface area contributed by atoms with Crippen LogP contribution in [0.15, 0.2) is 47.5 Å². The first kappa shape index (κ1) is 15.5. The van der Waals surface area contributed by atoms with Gasteiger partial charge in [-0.3, -0.25) is 4.68 Å². The number of nitrogens with zero attached hydrogens (tertiary/aromatic N) is 3. The molecule has 4 rings (SSSR count). The van der Waals surface area contributed by atoms with Crippen LogP contribution >= 0.6 is 0 Å². The van der Waals surface area contributed by atoms with Gasteiger partial charge in [-0.1, -0.05) is 12.1 Å². The highest BCUT2D eigenvalue weighted by Gasteiger charge is 2.44. The lowest BCUT2D eigenvalue weighted by Crippen LogP contribution is -2.42. The highest BCUT2D eigenvalue weighted by atomic mass is 32.2. The first-order valence-electron chi connectivity index (χ1n) is 7.95. The topological polar surface area (TPSA) is 55.2 Å². The second-order valence-electron chi connectivity index (χ2n) is 6.33. The lowest BCUT2D eigenvalue weighted by Gasteiger charge is -2.33. The lowest BCUT2D eigenvalue weighted by molar-refractivity contribution is 0.345. The predicted octanol–water partition coefficient (Wildman–Crippen LogP) is 2.57. The maximum Gasteiger partial charge on any atom is 0.243 e. The Morgan fingerprint density at radius 1 is 1.25 bits per heavy atom. The molecular weight excluding hydrogens is 329 g/mol. The summed E-state index contributed by atoms with van der Waals surface area (Å²) >= 11 is 0. The molecule has 7 heteroatoms. The van der Waals surface area contributed by atoms with Gasteiger partial charge in [-0.2, -0.15) is 9.40 Å². The normalized spacial score (nSPS) is 24.2. The summed E-state index contributed by atoms with van der Waals surface area (Å²) in [5.74, 6) is -0.536. The molecule has 0 amide bonds. The Kier molecular flexibility index (Phi) is 3.58. The molecule has 1 aromatic carbocycles. The minimum absolute atomic E-state index is 0.0248. The molecule has 2 aliphatic rings. The zero-order valence-corrected chi connectivity index (χ0v) is 14.1. The van der Waals surface area contributed by atoms with E-state index in [1.54, 1.807) is 10.5 Å². The SMILES string of the molecule is Cn1nccc1C1=C[C@H]2CC[C@@H](C1)N2S(=O)(=O)c1cccc(F)c1. The van der Waals surface area contributed by atoms with Crippen LogP contribution in [0.5, 0.6) is 0 Å². The summed E-state index contributed by atoms with van der Waals surface area (Å²) in [7, 11) is -1.81. The first-order chi connectivity index (χ1) is 11.5. The number of hydrogen-bond acceptors (Lipinski definition) is 3. The predicted molar refractivity (Wildman–Crippen MR) is 88.0 cm³/mol. The third-order valence-corrected chi connectivity index (χ3v) is 6.83. The molecule has 3 heterocycles. The van der Waals surface area contributed by atoms with Crippen LogP contribution < -0.4 is 0 Å². The zero-order chi connectivity index (χ0) is 16.9. The fraction of sp³-hybridized carbons (Fsp3) is 0.353. The fourth-order valence-electron chi connectivity index (χ4n) is 3.79. The number of fused-ring (bicyclic) bond motifs is 2. The minimum Gasteiger partial charge on any atom is -0.268 e. The number of halogens is 1. The second kappa shape index (κ2) is 5.53. The van der Waals surface area contributed by atoms with Gasteiger partial charge in [0, 0.05) is 25.3 Å². The van der Waals surface area contributed by atoms with Gasteiger partial charge in [0.2, 0.25) is 10.0 Å². The number of hydrogen-bond donors (Lipinski definition) is 0. The van der Waals surface area contributed by atoms with Gasteiger partial charge in [0.25, 0.3) is 0 Å². The molecule has 5 nitrogen and oxygen atoms in total. The molecule has 0 saturated carbocycles. The number of rotatable bonds is 3. The molecular formula is C17H18FN3O2S. The van der Waals surface area contributed by atoms with Gasteiger partial charge in [0.05, 0.1) is 10.6 Å². The van der Waals surface area contributed by atoms with Crippen LogP contribution in [0.2, 0.25) is 0 Å². The summed E-state index contributed by atoms with van der Waals surface area (Å²) in [6, 6.07) is 6.92. The summed E-state index contributed by atoms with van der Waals surface area (Å²) in [4.78, 5) is 0.0248. The third kappa shape index (κ3) is 2.39. The summed E-state index contributed by atoms with van der Waals surface area (Å²) in [5.41, 5.74) is 2.16. The Labute approximate surface area is 140 Å². The molecule has 1 aromatic heterocycles. The van der Waals surface area contributed by atoms with Crippen molar-refractivity contribution >= 4 is 15.6 Å². The standard InChI is InChI=1S/C17H18FN3O2S/c1-20-17(7-8-19-20)12-9-14-5-6-15(10-12)21(14)24(22,23)16-4-2-3-13(18)11-16/h2-4,7-9,11,14-15H,5-6,10H2,1H3/t14-,15+/m1/s1. The average molecular weight is 347 g/mol. The van der Waals surface area contributed by atoms with Crippen molar-refractivity contribution < 1.29 is 12.8 Å². The molecule has 0 spiro atoms. The highest BCUT2D eigenvalue weighted by Crippen LogP contribution is 2.41. The minimum atomic E-state index is -3.70. The Bertz CT molecular complexity index is 919. The monoisotopic (exact) mass is 347 g/mol. The van der Waals surface area contributed by atoms with Gasteiger partial charge in [0.15, 0.2) is 0 Å². The van der Waals surface area contributed by atoms with Gasteiger partial charge < -0.3 is 0 Å². The van der Waals surface area contributed by atoms with Crippen molar-refractivity contribution in [2.45, 2.75) is 36.2 Å². The van der Waals surface area contributed by atoms with E-state index in [9.17, 15) is 12.8 Å². The average Bonchev–Trinajstić information content (AvgIpc) is 3.09. The smallest absolute Gasteiger partial charge is 0.243 e. The second-order valence-corrected chi connectivity index (χ2v) is 8.17. The first-order valence-corrected chi connectivity index (χ1v) is 9.39. The van der Waals surface area contributed by atoms with Gasteiger partial charge in [-0.05, 0) is 49.1 Å². The molecule has 0 unspecified atom stereocenters. The molecule has 0 N–H and O–H groups in total. The number of aryl methyl sites for hydroxylation is 1. The lowest BCUT2D eigenvalue weighted by atomic mass is 10.0. The maximum absolute atomic E-state index is 13.5. The van der Waals surface area contributed by atoms with Crippen LogP contribution in [0.1, 0.15) is 25.0 Å². The van der Waals surface area contributed by atoms with E-state index >= 15 is 0 Å². The number of sulfonamides is 1. The molecule has 2 aromatic rings. The summed E-state index contributed by atoms with van der Waals surface area (Å²) < 4.78 is 42.8. The van der Waals surface area contributed by atoms with E-state index in [4.69, 9.17) is 0 Å². The van der Waals surface area contributed by atoms with Crippen molar-refractivity contribution in [2.24, 2.45) is 7.05 Å². The zero-order valence-electron chi connectivity index (χ0n) is 13.3. The van der Waals surface area contributed by atoms with Crippen molar-refractivity contribution in [1.82, 2.24) is 14.1 Å². The van der Waals surface area contributed by atoms with Crippen LogP contribution in [-0.2, 0) is 17.1 Å². The van der Waals surface area contributed by atoms with E-state index in [0.717, 1.165) is 30.2 Å². The van der Waals surface area contributed by atoms with Gasteiger partial charge in [0.1, 0.15) is 5.82 Å². The molecule has 1 fully saturated rings. The van der Waals surface area contributed by atoms with Crippen LogP contribution in [-0.4, -0.2) is 34.6 Å². The molecule has 0 radical (unpaired) electrons. The van der Waals surface area contributed by atoms with Gasteiger partial charge in [-0.25, -0.2) is 12.8 Å². The quantitative estimate of drug-likeness (QED) is 0.857. The summed E-state index contributed by atoms with van der Waals surface area (Å²) in [6.45, 7) is 0. The molecule has 2 bridgehead atoms. The highest BCUT2D eigenvalue weighted by molar-refractivity contribution is 7.89. The maximum atomic E-state index is 13.5. The Hall–Kier alpha value is -1.99. The molecule has 0 aliphatic carbocycles. The molecule has 126 valence electrons. The van der Waals surface area contributed by atoms with Crippen molar-refractivity contribution in [1.29, 1.82) is 0 Å². The van der Waals surface area contributed by atoms with Gasteiger partial charge in [-0.15, -0.1) is 0 Å². The van der Waals surface area contributed by atoms with E-state index in [1.165, 1.54) is 18.2 Å². The number of benzene rings is 1. The van der Waals surface area contributed by atoms with Crippen LogP contribution in [0.3, 0.4) is 0 Å². The largest absolute Gasteiger partial charge is 0.268 e. The van der Waals surface area contributed by atoms with Crippen molar-refractivity contribution in [3.05, 3.63) is 54.1 Å². The summed E-state index contributed by atoms with van der Waals surface area (Å²) in [5, 5.41) is 4.19. The molecule has 2 aliphatic heterocycles. The van der Waals surface area contributed by atoms with Crippen molar-refractivity contribution in [2.75, 3.05) is 0 Å². The summed E-state index contributed by atoms with van der Waals surface area (Å²) in [6.07, 6.45) is 6.04. The van der Waals surface area contributed by atoms with Gasteiger partial charge >= 0.3 is 0 Å². The Morgan fingerprint density at radius 3 is 2.75 bits per heavy atom.